The van der Waals surface area contributed by atoms with Gasteiger partial charge in [-0.3, -0.25) is 0 Å². The third-order valence-electron chi connectivity index (χ3n) is 4.00. The van der Waals surface area contributed by atoms with Crippen molar-refractivity contribution in [3.8, 4) is 0 Å². The monoisotopic (exact) mass is 228 g/mol. The van der Waals surface area contributed by atoms with Crippen LogP contribution in [-0.2, 0) is 0 Å². The van der Waals surface area contributed by atoms with Crippen LogP contribution in [0.25, 0.3) is 0 Å². The summed E-state index contributed by atoms with van der Waals surface area (Å²) in [5.74, 6) is 1.61. The summed E-state index contributed by atoms with van der Waals surface area (Å²) in [6.07, 6.45) is 12.2. The first-order valence-corrected chi connectivity index (χ1v) is 7.71. The van der Waals surface area contributed by atoms with E-state index in [0.717, 1.165) is 11.0 Å². The van der Waals surface area contributed by atoms with Gasteiger partial charge in [0.25, 0.3) is 0 Å². The molecule has 0 bridgehead atoms. The number of aliphatic hydroxyl groups is 1. The molecule has 2 rings (SSSR count). The highest BCUT2D eigenvalue weighted by Gasteiger charge is 2.23. The van der Waals surface area contributed by atoms with Crippen LogP contribution < -0.4 is 0 Å². The average molecular weight is 228 g/mol. The van der Waals surface area contributed by atoms with Gasteiger partial charge in [0.15, 0.2) is 0 Å². The second-order valence-electron chi connectivity index (χ2n) is 5.21. The van der Waals surface area contributed by atoms with Gasteiger partial charge in [-0.05, 0) is 31.6 Å². The van der Waals surface area contributed by atoms with Gasteiger partial charge in [-0.1, -0.05) is 32.1 Å². The van der Waals surface area contributed by atoms with Crippen LogP contribution in [0.1, 0.15) is 57.8 Å². The normalized spacial score (nSPS) is 27.0. The Labute approximate surface area is 98.0 Å². The molecule has 1 N–H and O–H groups in total. The maximum atomic E-state index is 10.1. The molecule has 0 saturated heterocycles. The Bertz CT molecular complexity index is 171. The fourth-order valence-corrected chi connectivity index (χ4v) is 4.35. The summed E-state index contributed by atoms with van der Waals surface area (Å²) in [4.78, 5) is 0. The molecule has 2 heteroatoms. The molecule has 2 fully saturated rings. The third-order valence-corrected chi connectivity index (χ3v) is 5.48. The van der Waals surface area contributed by atoms with Gasteiger partial charge in [-0.15, -0.1) is 0 Å². The highest BCUT2D eigenvalue weighted by atomic mass is 32.2. The summed E-state index contributed by atoms with van der Waals surface area (Å²) < 4.78 is 0. The van der Waals surface area contributed by atoms with Crippen LogP contribution in [0.5, 0.6) is 0 Å². The minimum Gasteiger partial charge on any atom is -0.392 e. The molecular weight excluding hydrogens is 204 g/mol. The summed E-state index contributed by atoms with van der Waals surface area (Å²) in [5, 5.41) is 11.0. The first kappa shape index (κ1) is 11.8. The molecule has 88 valence electrons. The molecule has 1 unspecified atom stereocenters. The van der Waals surface area contributed by atoms with Gasteiger partial charge in [-0.25, -0.2) is 0 Å². The van der Waals surface area contributed by atoms with E-state index in [1.807, 2.05) is 11.8 Å². The first-order valence-electron chi connectivity index (χ1n) is 6.66. The van der Waals surface area contributed by atoms with Gasteiger partial charge in [0.1, 0.15) is 0 Å². The van der Waals surface area contributed by atoms with Crippen LogP contribution in [0, 0.1) is 5.92 Å². The standard InChI is InChI=1S/C13H24OS/c14-13(11-6-2-1-3-7-11)10-15-12-8-4-5-9-12/h11-14H,1-10H2. The molecule has 2 saturated carbocycles. The smallest absolute Gasteiger partial charge is 0.0658 e. The topological polar surface area (TPSA) is 20.2 Å². The molecule has 0 spiro atoms. The van der Waals surface area contributed by atoms with Gasteiger partial charge >= 0.3 is 0 Å². The lowest BCUT2D eigenvalue weighted by Gasteiger charge is -2.27. The molecule has 0 aromatic carbocycles. The van der Waals surface area contributed by atoms with E-state index in [-0.39, 0.29) is 6.10 Å². The fraction of sp³-hybridized carbons (Fsp3) is 1.00. The van der Waals surface area contributed by atoms with E-state index in [4.69, 9.17) is 0 Å². The van der Waals surface area contributed by atoms with Crippen LogP contribution in [0.4, 0.5) is 0 Å². The van der Waals surface area contributed by atoms with E-state index in [2.05, 4.69) is 0 Å². The lowest BCUT2D eigenvalue weighted by Crippen LogP contribution is -2.25. The van der Waals surface area contributed by atoms with Crippen molar-refractivity contribution in [2.75, 3.05) is 5.75 Å². The molecular formula is C13H24OS. The van der Waals surface area contributed by atoms with Crippen LogP contribution in [0.2, 0.25) is 0 Å². The molecule has 0 amide bonds. The summed E-state index contributed by atoms with van der Waals surface area (Å²) in [6.45, 7) is 0. The number of aliphatic hydroxyl groups excluding tert-OH is 1. The van der Waals surface area contributed by atoms with Crippen molar-refractivity contribution in [3.63, 3.8) is 0 Å². The minimum atomic E-state index is -0.0177. The Kier molecular flexibility index (Phi) is 4.83. The van der Waals surface area contributed by atoms with Crippen molar-refractivity contribution < 1.29 is 5.11 Å². The van der Waals surface area contributed by atoms with Crippen molar-refractivity contribution in [1.82, 2.24) is 0 Å². The quantitative estimate of drug-likeness (QED) is 0.793. The van der Waals surface area contributed by atoms with Gasteiger partial charge in [0.05, 0.1) is 6.10 Å². The SMILES string of the molecule is OC(CSC1CCCC1)C1CCCCC1. The van der Waals surface area contributed by atoms with Gasteiger partial charge in [-0.2, -0.15) is 11.8 Å². The molecule has 1 atom stereocenters. The maximum absolute atomic E-state index is 10.1. The van der Waals surface area contributed by atoms with E-state index in [1.165, 1.54) is 57.8 Å². The Balaban J connectivity index is 1.64. The van der Waals surface area contributed by atoms with E-state index in [1.54, 1.807) is 0 Å². The highest BCUT2D eigenvalue weighted by Crippen LogP contribution is 2.33. The Morgan fingerprint density at radius 3 is 2.20 bits per heavy atom. The third kappa shape index (κ3) is 3.67. The van der Waals surface area contributed by atoms with E-state index in [9.17, 15) is 5.11 Å². The Hall–Kier alpha value is 0.310. The Morgan fingerprint density at radius 1 is 0.933 bits per heavy atom. The fourth-order valence-electron chi connectivity index (χ4n) is 2.94. The van der Waals surface area contributed by atoms with Crippen molar-refractivity contribution in [1.29, 1.82) is 0 Å². The van der Waals surface area contributed by atoms with Crippen LogP contribution >= 0.6 is 11.8 Å². The van der Waals surface area contributed by atoms with Crippen LogP contribution in [0.3, 0.4) is 0 Å². The zero-order chi connectivity index (χ0) is 10.5. The number of thioether (sulfide) groups is 1. The summed E-state index contributed by atoms with van der Waals surface area (Å²) in [6, 6.07) is 0. The van der Waals surface area contributed by atoms with Crippen molar-refractivity contribution in [2.24, 2.45) is 5.92 Å². The van der Waals surface area contributed by atoms with Gasteiger partial charge in [0, 0.05) is 11.0 Å². The molecule has 0 aromatic heterocycles. The predicted molar refractivity (Wildman–Crippen MR) is 67.3 cm³/mol. The lowest BCUT2D eigenvalue weighted by atomic mass is 9.86. The van der Waals surface area contributed by atoms with Crippen molar-refractivity contribution in [3.05, 3.63) is 0 Å². The molecule has 15 heavy (non-hydrogen) atoms. The molecule has 1 nitrogen and oxygen atoms in total. The Morgan fingerprint density at radius 2 is 1.53 bits per heavy atom. The van der Waals surface area contributed by atoms with E-state index < -0.39 is 0 Å². The lowest BCUT2D eigenvalue weighted by molar-refractivity contribution is 0.105. The zero-order valence-electron chi connectivity index (χ0n) is 9.66. The maximum Gasteiger partial charge on any atom is 0.0658 e. The van der Waals surface area contributed by atoms with Gasteiger partial charge < -0.3 is 5.11 Å². The largest absolute Gasteiger partial charge is 0.392 e. The molecule has 0 heterocycles. The first-order chi connectivity index (χ1) is 7.36. The van der Waals surface area contributed by atoms with Crippen molar-refractivity contribution >= 4 is 11.8 Å². The van der Waals surface area contributed by atoms with Crippen molar-refractivity contribution in [2.45, 2.75) is 69.1 Å². The summed E-state index contributed by atoms with van der Waals surface area (Å²) in [5.41, 5.74) is 0. The van der Waals surface area contributed by atoms with Crippen LogP contribution in [0.15, 0.2) is 0 Å². The number of hydrogen-bond donors (Lipinski definition) is 1. The molecule has 0 radical (unpaired) electrons. The molecule has 0 aromatic rings. The molecule has 0 aliphatic heterocycles. The highest BCUT2D eigenvalue weighted by molar-refractivity contribution is 7.99. The molecule has 2 aliphatic carbocycles. The molecule has 2 aliphatic rings. The minimum absolute atomic E-state index is 0.0177. The zero-order valence-corrected chi connectivity index (χ0v) is 10.5. The second kappa shape index (κ2) is 6.15. The number of rotatable bonds is 4. The number of hydrogen-bond acceptors (Lipinski definition) is 2. The second-order valence-corrected chi connectivity index (χ2v) is 6.54. The van der Waals surface area contributed by atoms with E-state index >= 15 is 0 Å². The van der Waals surface area contributed by atoms with E-state index in [0.29, 0.717) is 5.92 Å². The summed E-state index contributed by atoms with van der Waals surface area (Å²) in [7, 11) is 0. The summed E-state index contributed by atoms with van der Waals surface area (Å²) >= 11 is 2.04. The predicted octanol–water partition coefficient (Wildman–Crippen LogP) is 3.60. The van der Waals surface area contributed by atoms with Gasteiger partial charge in [0.2, 0.25) is 0 Å². The average Bonchev–Trinajstić information content (AvgIpc) is 2.80. The van der Waals surface area contributed by atoms with Crippen LogP contribution in [-0.4, -0.2) is 22.2 Å².